The molecule has 0 saturated heterocycles. The number of hydrogen-bond donors (Lipinski definition) is 3. The van der Waals surface area contributed by atoms with Crippen LogP contribution in [0, 0.1) is 0 Å². The van der Waals surface area contributed by atoms with Crippen molar-refractivity contribution in [2.75, 3.05) is 36.9 Å². The molecule has 0 atom stereocenters. The second-order valence-electron chi connectivity index (χ2n) is 5.08. The number of nitrogens with two attached hydrogens (primary N) is 1. The van der Waals surface area contributed by atoms with Gasteiger partial charge in [0.2, 0.25) is 0 Å². The molecule has 0 bridgehead atoms. The van der Waals surface area contributed by atoms with Gasteiger partial charge in [0.05, 0.1) is 35.3 Å². The van der Waals surface area contributed by atoms with E-state index >= 15 is 0 Å². The van der Waals surface area contributed by atoms with Crippen LogP contribution in [0.4, 0.5) is 11.4 Å². The van der Waals surface area contributed by atoms with Gasteiger partial charge < -0.3 is 20.8 Å². The Morgan fingerprint density at radius 3 is 2.09 bits per heavy atom. The second kappa shape index (κ2) is 6.13. The third-order valence-electron chi connectivity index (χ3n) is 3.55. The molecule has 0 aliphatic rings. The van der Waals surface area contributed by atoms with E-state index in [0.29, 0.717) is 18.8 Å². The lowest BCUT2D eigenvalue weighted by Gasteiger charge is -2.23. The summed E-state index contributed by atoms with van der Waals surface area (Å²) in [5.41, 5.74) is 10.5. The zero-order valence-electron chi connectivity index (χ0n) is 12.1. The maximum absolute atomic E-state index is 9.14. The van der Waals surface area contributed by atoms with Gasteiger partial charge in [0.25, 0.3) is 0 Å². The van der Waals surface area contributed by atoms with Crippen LogP contribution in [0.2, 0.25) is 0 Å². The van der Waals surface area contributed by atoms with Crippen LogP contribution in [0.3, 0.4) is 0 Å². The highest BCUT2D eigenvalue weighted by Crippen LogP contribution is 2.23. The average Bonchev–Trinajstić information content (AvgIpc) is 2.52. The van der Waals surface area contributed by atoms with Crippen molar-refractivity contribution >= 4 is 33.4 Å². The largest absolute Gasteiger partial charge is 0.399 e. The number of nitrogens with zero attached hydrogens (tertiary/aromatic N) is 3. The molecule has 0 aliphatic heterocycles. The lowest BCUT2D eigenvalue weighted by atomic mass is 10.2. The van der Waals surface area contributed by atoms with E-state index in [2.05, 4.69) is 9.97 Å². The smallest absolute Gasteiger partial charge is 0.0915 e. The molecule has 0 spiro atoms. The zero-order valence-corrected chi connectivity index (χ0v) is 12.1. The summed E-state index contributed by atoms with van der Waals surface area (Å²) in [6.07, 6.45) is 0. The van der Waals surface area contributed by atoms with Gasteiger partial charge in [-0.1, -0.05) is 0 Å². The number of aliphatic hydroxyl groups is 2. The number of aliphatic hydroxyl groups excluding tert-OH is 2. The minimum Gasteiger partial charge on any atom is -0.399 e. The standard InChI is InChI=1S/C16H18N4O2/c17-11-1-3-13-15(9-11)19-16-10-12(2-4-14(16)18-13)20(5-7-21)6-8-22/h1-4,9-10,21-22H,5-8,17H2. The van der Waals surface area contributed by atoms with Gasteiger partial charge in [0.15, 0.2) is 0 Å². The van der Waals surface area contributed by atoms with Crippen LogP contribution in [0.5, 0.6) is 0 Å². The molecule has 6 heteroatoms. The van der Waals surface area contributed by atoms with Crippen LogP contribution in [-0.2, 0) is 0 Å². The van der Waals surface area contributed by atoms with Crippen molar-refractivity contribution in [3.05, 3.63) is 36.4 Å². The van der Waals surface area contributed by atoms with Crippen LogP contribution in [0.1, 0.15) is 0 Å². The minimum absolute atomic E-state index is 0.0258. The molecule has 3 aromatic rings. The Morgan fingerprint density at radius 2 is 1.41 bits per heavy atom. The molecule has 0 saturated carbocycles. The average molecular weight is 298 g/mol. The minimum atomic E-state index is 0.0258. The van der Waals surface area contributed by atoms with Crippen LogP contribution in [-0.4, -0.2) is 46.5 Å². The highest BCUT2D eigenvalue weighted by molar-refractivity contribution is 5.89. The van der Waals surface area contributed by atoms with Gasteiger partial charge in [-0.2, -0.15) is 0 Å². The number of rotatable bonds is 5. The van der Waals surface area contributed by atoms with Gasteiger partial charge in [-0.25, -0.2) is 9.97 Å². The summed E-state index contributed by atoms with van der Waals surface area (Å²) in [6, 6.07) is 11.2. The lowest BCUT2D eigenvalue weighted by molar-refractivity contribution is 0.281. The van der Waals surface area contributed by atoms with Crippen LogP contribution in [0.25, 0.3) is 22.1 Å². The number of nitrogen functional groups attached to an aromatic ring is 1. The molecule has 1 heterocycles. The van der Waals surface area contributed by atoms with Gasteiger partial charge >= 0.3 is 0 Å². The zero-order chi connectivity index (χ0) is 15.5. The molecule has 0 radical (unpaired) electrons. The molecule has 6 nitrogen and oxygen atoms in total. The van der Waals surface area contributed by atoms with E-state index < -0.39 is 0 Å². The van der Waals surface area contributed by atoms with Crippen molar-refractivity contribution in [1.29, 1.82) is 0 Å². The molecular weight excluding hydrogens is 280 g/mol. The summed E-state index contributed by atoms with van der Waals surface area (Å²) < 4.78 is 0. The van der Waals surface area contributed by atoms with Gasteiger partial charge in [0, 0.05) is 24.5 Å². The number of anilines is 2. The van der Waals surface area contributed by atoms with E-state index in [1.165, 1.54) is 0 Å². The number of hydrogen-bond acceptors (Lipinski definition) is 6. The Hall–Kier alpha value is -2.44. The predicted molar refractivity (Wildman–Crippen MR) is 87.8 cm³/mol. The third kappa shape index (κ3) is 2.79. The summed E-state index contributed by atoms with van der Waals surface area (Å²) in [6.45, 7) is 0.968. The maximum atomic E-state index is 9.14. The SMILES string of the molecule is Nc1ccc2nc3ccc(N(CCO)CCO)cc3nc2c1. The molecule has 4 N–H and O–H groups in total. The van der Waals surface area contributed by atoms with Gasteiger partial charge in [0.1, 0.15) is 0 Å². The van der Waals surface area contributed by atoms with Crippen molar-refractivity contribution in [3.63, 3.8) is 0 Å². The highest BCUT2D eigenvalue weighted by Gasteiger charge is 2.08. The summed E-state index contributed by atoms with van der Waals surface area (Å²) in [4.78, 5) is 11.1. The molecule has 1 aromatic heterocycles. The first kappa shape index (κ1) is 14.5. The van der Waals surface area contributed by atoms with Gasteiger partial charge in [-0.05, 0) is 36.4 Å². The van der Waals surface area contributed by atoms with Crippen molar-refractivity contribution in [1.82, 2.24) is 9.97 Å². The fourth-order valence-electron chi connectivity index (χ4n) is 2.49. The first-order valence-corrected chi connectivity index (χ1v) is 7.15. The molecule has 3 rings (SSSR count). The Labute approximate surface area is 127 Å². The molecule has 22 heavy (non-hydrogen) atoms. The summed E-state index contributed by atoms with van der Waals surface area (Å²) in [5, 5.41) is 18.3. The monoisotopic (exact) mass is 298 g/mol. The summed E-state index contributed by atoms with van der Waals surface area (Å²) in [7, 11) is 0. The van der Waals surface area contributed by atoms with Crippen molar-refractivity contribution in [2.45, 2.75) is 0 Å². The topological polar surface area (TPSA) is 95.5 Å². The van der Waals surface area contributed by atoms with Gasteiger partial charge in [-0.15, -0.1) is 0 Å². The highest BCUT2D eigenvalue weighted by atomic mass is 16.3. The van der Waals surface area contributed by atoms with E-state index in [0.717, 1.165) is 27.8 Å². The molecule has 2 aromatic carbocycles. The Balaban J connectivity index is 2.09. The van der Waals surface area contributed by atoms with E-state index in [4.69, 9.17) is 15.9 Å². The summed E-state index contributed by atoms with van der Waals surface area (Å²) in [5.74, 6) is 0. The quantitative estimate of drug-likeness (QED) is 0.483. The fourth-order valence-corrected chi connectivity index (χ4v) is 2.49. The number of benzene rings is 2. The Morgan fingerprint density at radius 1 is 0.818 bits per heavy atom. The third-order valence-corrected chi connectivity index (χ3v) is 3.55. The molecule has 0 aliphatic carbocycles. The first-order valence-electron chi connectivity index (χ1n) is 7.15. The van der Waals surface area contributed by atoms with Crippen LogP contribution in [0.15, 0.2) is 36.4 Å². The van der Waals surface area contributed by atoms with Crippen LogP contribution < -0.4 is 10.6 Å². The number of fused-ring (bicyclic) bond motifs is 2. The van der Waals surface area contributed by atoms with E-state index in [9.17, 15) is 0 Å². The molecular formula is C16H18N4O2. The van der Waals surface area contributed by atoms with Crippen molar-refractivity contribution in [2.24, 2.45) is 0 Å². The van der Waals surface area contributed by atoms with Crippen LogP contribution >= 0.6 is 0 Å². The first-order chi connectivity index (χ1) is 10.7. The number of aromatic nitrogens is 2. The van der Waals surface area contributed by atoms with Gasteiger partial charge in [-0.3, -0.25) is 0 Å². The predicted octanol–water partition coefficient (Wildman–Crippen LogP) is 1.16. The normalized spacial score (nSPS) is 11.2. The molecule has 0 unspecified atom stereocenters. The fraction of sp³-hybridized carbons (Fsp3) is 0.250. The summed E-state index contributed by atoms with van der Waals surface area (Å²) >= 11 is 0. The Bertz CT molecular complexity index is 801. The second-order valence-corrected chi connectivity index (χ2v) is 5.08. The van der Waals surface area contributed by atoms with Crippen molar-refractivity contribution in [3.8, 4) is 0 Å². The molecule has 0 amide bonds. The van der Waals surface area contributed by atoms with Crippen molar-refractivity contribution < 1.29 is 10.2 Å². The lowest BCUT2D eigenvalue weighted by Crippen LogP contribution is -2.29. The van der Waals surface area contributed by atoms with E-state index in [1.54, 1.807) is 12.1 Å². The maximum Gasteiger partial charge on any atom is 0.0915 e. The van der Waals surface area contributed by atoms with E-state index in [1.807, 2.05) is 29.2 Å². The Kier molecular flexibility index (Phi) is 4.04. The molecule has 114 valence electrons. The van der Waals surface area contributed by atoms with E-state index in [-0.39, 0.29) is 13.2 Å². The molecule has 0 fully saturated rings.